The van der Waals surface area contributed by atoms with E-state index in [-0.39, 0.29) is 12.2 Å². The smallest absolute Gasteiger partial charge is 0.373 e. The molecular weight excluding hydrogens is 228 g/mol. The van der Waals surface area contributed by atoms with Gasteiger partial charge >= 0.3 is 6.21 Å². The van der Waals surface area contributed by atoms with Crippen molar-refractivity contribution in [1.29, 1.82) is 0 Å². The van der Waals surface area contributed by atoms with Gasteiger partial charge in [0.1, 0.15) is 12.8 Å². The monoisotopic (exact) mass is 239 g/mol. The Bertz CT molecular complexity index is 451. The summed E-state index contributed by atoms with van der Waals surface area (Å²) in [4.78, 5) is 14.9. The van der Waals surface area contributed by atoms with Gasteiger partial charge in [-0.05, 0) is 23.8 Å². The molecule has 0 saturated carbocycles. The SMILES string of the molecule is CN=[N+]=CC(=O)Cc1cc(OC)ccc1Cl. The van der Waals surface area contributed by atoms with Crippen LogP contribution in [0.2, 0.25) is 5.02 Å². The summed E-state index contributed by atoms with van der Waals surface area (Å²) in [5, 5.41) is 4.00. The van der Waals surface area contributed by atoms with Gasteiger partial charge in [0.05, 0.1) is 17.0 Å². The van der Waals surface area contributed by atoms with Crippen LogP contribution < -0.4 is 4.74 Å². The van der Waals surface area contributed by atoms with Crippen molar-refractivity contribution < 1.29 is 14.3 Å². The summed E-state index contributed by atoms with van der Waals surface area (Å²) in [6.45, 7) is 0. The zero-order chi connectivity index (χ0) is 12.0. The minimum Gasteiger partial charge on any atom is -0.497 e. The molecule has 0 aromatic heterocycles. The standard InChI is InChI=1S/C11H12ClN2O2/c1-13-14-7-9(15)5-8-6-10(16-2)3-4-11(8)12/h3-4,6-7H,5H2,1-2H3/q+1. The number of ether oxygens (including phenoxy) is 1. The molecule has 1 rings (SSSR count). The molecule has 0 amide bonds. The molecule has 84 valence electrons. The van der Waals surface area contributed by atoms with E-state index in [1.54, 1.807) is 25.3 Å². The summed E-state index contributed by atoms with van der Waals surface area (Å²) in [6, 6.07) is 5.17. The van der Waals surface area contributed by atoms with Crippen molar-refractivity contribution in [2.45, 2.75) is 6.42 Å². The fourth-order valence-corrected chi connectivity index (χ4v) is 1.35. The van der Waals surface area contributed by atoms with E-state index < -0.39 is 0 Å². The van der Waals surface area contributed by atoms with Crippen LogP contribution in [0.4, 0.5) is 0 Å². The number of hydrogen-bond donors (Lipinski definition) is 0. The van der Waals surface area contributed by atoms with Gasteiger partial charge in [-0.2, -0.15) is 0 Å². The van der Waals surface area contributed by atoms with Crippen molar-refractivity contribution in [3.63, 3.8) is 0 Å². The number of carbonyl (C=O) groups excluding carboxylic acids is 1. The topological polar surface area (TPSA) is 52.8 Å². The first-order chi connectivity index (χ1) is 7.67. The van der Waals surface area contributed by atoms with Crippen LogP contribution in [0.25, 0.3) is 0 Å². The van der Waals surface area contributed by atoms with Crippen LogP contribution in [-0.2, 0) is 11.2 Å². The molecule has 0 heterocycles. The van der Waals surface area contributed by atoms with Crippen molar-refractivity contribution in [3.05, 3.63) is 28.8 Å². The third-order valence-corrected chi connectivity index (χ3v) is 2.30. The van der Waals surface area contributed by atoms with Gasteiger partial charge in [-0.25, -0.2) is 0 Å². The van der Waals surface area contributed by atoms with Crippen molar-refractivity contribution >= 4 is 23.6 Å². The van der Waals surface area contributed by atoms with Crippen molar-refractivity contribution in [2.24, 2.45) is 5.11 Å². The summed E-state index contributed by atoms with van der Waals surface area (Å²) in [5.41, 5.74) is 0.716. The number of ketones is 1. The molecule has 0 N–H and O–H groups in total. The molecule has 0 unspecified atom stereocenters. The first-order valence-electron chi connectivity index (χ1n) is 4.64. The van der Waals surface area contributed by atoms with Gasteiger partial charge in [-0.1, -0.05) is 11.6 Å². The average molecular weight is 240 g/mol. The molecule has 0 bridgehead atoms. The molecule has 0 atom stereocenters. The number of rotatable bonds is 4. The van der Waals surface area contributed by atoms with Gasteiger partial charge in [0.2, 0.25) is 5.78 Å². The van der Waals surface area contributed by atoms with Gasteiger partial charge in [0.25, 0.3) is 0 Å². The summed E-state index contributed by atoms with van der Waals surface area (Å²) < 4.78 is 5.05. The molecule has 5 heteroatoms. The lowest BCUT2D eigenvalue weighted by molar-refractivity contribution is -0.120. The zero-order valence-electron chi connectivity index (χ0n) is 9.11. The maximum absolute atomic E-state index is 11.4. The number of hydrogen-bond acceptors (Lipinski definition) is 3. The third kappa shape index (κ3) is 3.50. The van der Waals surface area contributed by atoms with E-state index >= 15 is 0 Å². The Morgan fingerprint density at radius 3 is 3.00 bits per heavy atom. The highest BCUT2D eigenvalue weighted by molar-refractivity contribution is 6.32. The van der Waals surface area contributed by atoms with Crippen LogP contribution >= 0.6 is 11.6 Å². The van der Waals surface area contributed by atoms with E-state index in [0.717, 1.165) is 0 Å². The molecule has 0 aliphatic carbocycles. The largest absolute Gasteiger partial charge is 0.497 e. The van der Waals surface area contributed by atoms with Crippen LogP contribution in [0.3, 0.4) is 0 Å². The van der Waals surface area contributed by atoms with Gasteiger partial charge in [0, 0.05) is 11.4 Å². The lowest BCUT2D eigenvalue weighted by atomic mass is 10.1. The van der Waals surface area contributed by atoms with E-state index in [4.69, 9.17) is 16.3 Å². The van der Waals surface area contributed by atoms with E-state index in [0.29, 0.717) is 16.3 Å². The van der Waals surface area contributed by atoms with Crippen LogP contribution in [0, 0.1) is 0 Å². The highest BCUT2D eigenvalue weighted by atomic mass is 35.5. The molecule has 0 radical (unpaired) electrons. The number of carbonyl (C=O) groups is 1. The molecule has 4 nitrogen and oxygen atoms in total. The fraction of sp³-hybridized carbons (Fsp3) is 0.273. The van der Waals surface area contributed by atoms with Gasteiger partial charge in [0.15, 0.2) is 0 Å². The lowest BCUT2D eigenvalue weighted by Gasteiger charge is -2.04. The maximum atomic E-state index is 11.4. The lowest BCUT2D eigenvalue weighted by Crippen LogP contribution is -2.05. The Morgan fingerprint density at radius 1 is 1.62 bits per heavy atom. The number of methoxy groups -OCH3 is 1. The Balaban J connectivity index is 2.87. The third-order valence-electron chi connectivity index (χ3n) is 1.93. The second-order valence-electron chi connectivity index (χ2n) is 3.04. The Hall–Kier alpha value is -1.64. The summed E-state index contributed by atoms with van der Waals surface area (Å²) in [5.74, 6) is 0.519. The van der Waals surface area contributed by atoms with Gasteiger partial charge in [-0.15, -0.1) is 0 Å². The minimum absolute atomic E-state index is 0.152. The quantitative estimate of drug-likeness (QED) is 0.457. The van der Waals surface area contributed by atoms with Crippen molar-refractivity contribution in [3.8, 4) is 5.75 Å². The predicted molar refractivity (Wildman–Crippen MR) is 61.4 cm³/mol. The molecule has 16 heavy (non-hydrogen) atoms. The molecule has 0 aliphatic heterocycles. The fourth-order valence-electron chi connectivity index (χ4n) is 1.17. The van der Waals surface area contributed by atoms with Crippen molar-refractivity contribution in [1.82, 2.24) is 0 Å². The molecule has 1 aromatic rings. The number of nitrogens with zero attached hydrogens (tertiary/aromatic N) is 2. The van der Waals surface area contributed by atoms with Crippen LogP contribution in [-0.4, -0.2) is 30.9 Å². The zero-order valence-corrected chi connectivity index (χ0v) is 9.86. The highest BCUT2D eigenvalue weighted by Crippen LogP contribution is 2.22. The highest BCUT2D eigenvalue weighted by Gasteiger charge is 2.10. The molecule has 0 saturated heterocycles. The number of Topliss-reactive ketones (excluding diaryl/α,β-unsaturated/α-hetero) is 1. The number of halogens is 1. The van der Waals surface area contributed by atoms with Crippen molar-refractivity contribution in [2.75, 3.05) is 14.2 Å². The van der Waals surface area contributed by atoms with Crippen LogP contribution in [0.15, 0.2) is 23.3 Å². The van der Waals surface area contributed by atoms with E-state index in [2.05, 4.69) is 9.90 Å². The summed E-state index contributed by atoms with van der Waals surface area (Å²) in [6.07, 6.45) is 1.37. The average Bonchev–Trinajstić information content (AvgIpc) is 2.29. The Kier molecular flexibility index (Phi) is 4.70. The summed E-state index contributed by atoms with van der Waals surface area (Å²) in [7, 11) is 3.06. The molecular formula is C11H12ClN2O2+. The van der Waals surface area contributed by atoms with Crippen LogP contribution in [0.5, 0.6) is 5.75 Å². The molecule has 0 aliphatic rings. The normalized spacial score (nSPS) is 9.19. The molecule has 1 aromatic carbocycles. The van der Waals surface area contributed by atoms with Gasteiger partial charge in [-0.3, -0.25) is 4.79 Å². The van der Waals surface area contributed by atoms with Gasteiger partial charge < -0.3 is 4.74 Å². The Labute approximate surface area is 98.6 Å². The molecule has 0 spiro atoms. The maximum Gasteiger partial charge on any atom is 0.373 e. The van der Waals surface area contributed by atoms with E-state index in [1.165, 1.54) is 13.3 Å². The molecule has 0 fully saturated rings. The second kappa shape index (κ2) is 6.05. The predicted octanol–water partition coefficient (Wildman–Crippen LogP) is 1.82. The first kappa shape index (κ1) is 12.4. The first-order valence-corrected chi connectivity index (χ1v) is 5.02. The number of benzene rings is 1. The Morgan fingerprint density at radius 2 is 2.38 bits per heavy atom. The second-order valence-corrected chi connectivity index (χ2v) is 3.45. The minimum atomic E-state index is -0.152. The van der Waals surface area contributed by atoms with E-state index in [9.17, 15) is 4.79 Å². The van der Waals surface area contributed by atoms with Crippen LogP contribution in [0.1, 0.15) is 5.56 Å². The summed E-state index contributed by atoms with van der Waals surface area (Å²) >= 11 is 5.96. The van der Waals surface area contributed by atoms with E-state index in [1.807, 2.05) is 0 Å².